The Bertz CT molecular complexity index is 350. The van der Waals surface area contributed by atoms with Crippen molar-refractivity contribution in [3.05, 3.63) is 24.0 Å². The third-order valence-corrected chi connectivity index (χ3v) is 1.61. The highest BCUT2D eigenvalue weighted by molar-refractivity contribution is 5.93. The lowest BCUT2D eigenvalue weighted by atomic mass is 10.3. The van der Waals surface area contributed by atoms with Crippen LogP contribution in [0.4, 0.5) is 5.69 Å². The number of amides is 2. The Balaban J connectivity index is 2.93. The molecule has 5 nitrogen and oxygen atoms in total. The summed E-state index contributed by atoms with van der Waals surface area (Å²) in [5, 5.41) is 2.45. The van der Waals surface area contributed by atoms with E-state index in [2.05, 4.69) is 10.3 Å². The van der Waals surface area contributed by atoms with E-state index in [1.807, 2.05) is 0 Å². The zero-order chi connectivity index (χ0) is 10.6. The maximum absolute atomic E-state index is 11.4. The second-order valence-electron chi connectivity index (χ2n) is 2.89. The first-order valence-electron chi connectivity index (χ1n) is 4.03. The second kappa shape index (κ2) is 4.36. The third kappa shape index (κ3) is 2.29. The van der Waals surface area contributed by atoms with Crippen LogP contribution in [0.15, 0.2) is 18.3 Å². The first-order chi connectivity index (χ1) is 6.65. The molecule has 74 valence electrons. The van der Waals surface area contributed by atoms with Crippen molar-refractivity contribution < 1.29 is 9.59 Å². The molecule has 1 aromatic heterocycles. The first kappa shape index (κ1) is 10.2. The Morgan fingerprint density at radius 3 is 2.86 bits per heavy atom. The molecule has 0 aliphatic rings. The van der Waals surface area contributed by atoms with Crippen LogP contribution < -0.4 is 5.32 Å². The molecular formula is C9H11N3O2. The molecule has 0 radical (unpaired) electrons. The Hall–Kier alpha value is -1.91. The van der Waals surface area contributed by atoms with Crippen LogP contribution in [0, 0.1) is 0 Å². The van der Waals surface area contributed by atoms with Crippen molar-refractivity contribution in [2.24, 2.45) is 0 Å². The number of carbonyl (C=O) groups is 2. The van der Waals surface area contributed by atoms with Crippen molar-refractivity contribution >= 4 is 18.0 Å². The number of pyridine rings is 1. The summed E-state index contributed by atoms with van der Waals surface area (Å²) in [7, 11) is 3.29. The van der Waals surface area contributed by atoms with E-state index in [0.717, 1.165) is 0 Å². The van der Waals surface area contributed by atoms with Crippen molar-refractivity contribution in [1.82, 2.24) is 9.88 Å². The Morgan fingerprint density at radius 2 is 2.29 bits per heavy atom. The molecule has 0 atom stereocenters. The molecule has 2 amide bonds. The third-order valence-electron chi connectivity index (χ3n) is 1.61. The van der Waals surface area contributed by atoms with Gasteiger partial charge in [-0.05, 0) is 12.1 Å². The standard InChI is InChI=1S/C9H11N3O2/c1-12(2)9(14)8-5-7(11-6-13)3-4-10-8/h3-6H,1-2H3,(H,10,11,13). The van der Waals surface area contributed by atoms with Crippen LogP contribution in [0.1, 0.15) is 10.5 Å². The largest absolute Gasteiger partial charge is 0.343 e. The van der Waals surface area contributed by atoms with Crippen molar-refractivity contribution in [2.45, 2.75) is 0 Å². The molecule has 0 aromatic carbocycles. The van der Waals surface area contributed by atoms with Crippen LogP contribution in [0.5, 0.6) is 0 Å². The quantitative estimate of drug-likeness (QED) is 0.704. The molecular weight excluding hydrogens is 182 g/mol. The lowest BCUT2D eigenvalue weighted by molar-refractivity contribution is -0.105. The first-order valence-corrected chi connectivity index (χ1v) is 4.03. The van der Waals surface area contributed by atoms with Crippen molar-refractivity contribution in [3.63, 3.8) is 0 Å². The summed E-state index contributed by atoms with van der Waals surface area (Å²) in [4.78, 5) is 26.9. The van der Waals surface area contributed by atoms with Gasteiger partial charge in [0.1, 0.15) is 5.69 Å². The fraction of sp³-hybridized carbons (Fsp3) is 0.222. The fourth-order valence-electron chi connectivity index (χ4n) is 0.934. The normalized spacial score (nSPS) is 9.29. The maximum Gasteiger partial charge on any atom is 0.272 e. The van der Waals surface area contributed by atoms with E-state index in [1.54, 1.807) is 20.2 Å². The molecule has 0 aliphatic carbocycles. The van der Waals surface area contributed by atoms with E-state index >= 15 is 0 Å². The number of carbonyl (C=O) groups excluding carboxylic acids is 2. The van der Waals surface area contributed by atoms with E-state index in [1.165, 1.54) is 17.2 Å². The van der Waals surface area contributed by atoms with Crippen LogP contribution in [-0.4, -0.2) is 36.3 Å². The molecule has 0 unspecified atom stereocenters. The van der Waals surface area contributed by atoms with Crippen molar-refractivity contribution in [2.75, 3.05) is 19.4 Å². The fourth-order valence-corrected chi connectivity index (χ4v) is 0.934. The van der Waals surface area contributed by atoms with Crippen molar-refractivity contribution in [3.8, 4) is 0 Å². The summed E-state index contributed by atoms with van der Waals surface area (Å²) < 4.78 is 0. The van der Waals surface area contributed by atoms with E-state index in [9.17, 15) is 9.59 Å². The van der Waals surface area contributed by atoms with Gasteiger partial charge in [0.05, 0.1) is 0 Å². The average Bonchev–Trinajstić information content (AvgIpc) is 2.17. The minimum Gasteiger partial charge on any atom is -0.343 e. The molecule has 0 saturated heterocycles. The number of aromatic nitrogens is 1. The summed E-state index contributed by atoms with van der Waals surface area (Å²) >= 11 is 0. The van der Waals surface area contributed by atoms with Gasteiger partial charge in [0, 0.05) is 26.0 Å². The molecule has 1 N–H and O–H groups in total. The Labute approximate surface area is 81.7 Å². The van der Waals surface area contributed by atoms with Gasteiger partial charge >= 0.3 is 0 Å². The number of nitrogens with zero attached hydrogens (tertiary/aromatic N) is 2. The molecule has 0 bridgehead atoms. The molecule has 0 spiro atoms. The minimum atomic E-state index is -0.195. The monoisotopic (exact) mass is 193 g/mol. The van der Waals surface area contributed by atoms with Crippen molar-refractivity contribution in [1.29, 1.82) is 0 Å². The Kier molecular flexibility index (Phi) is 3.17. The van der Waals surface area contributed by atoms with Gasteiger partial charge in [-0.15, -0.1) is 0 Å². The summed E-state index contributed by atoms with van der Waals surface area (Å²) in [5.74, 6) is -0.195. The molecule has 0 aliphatic heterocycles. The van der Waals surface area contributed by atoms with E-state index in [-0.39, 0.29) is 5.91 Å². The summed E-state index contributed by atoms with van der Waals surface area (Å²) in [5.41, 5.74) is 0.863. The lowest BCUT2D eigenvalue weighted by Crippen LogP contribution is -2.22. The SMILES string of the molecule is CN(C)C(=O)c1cc(NC=O)ccn1. The summed E-state index contributed by atoms with van der Waals surface area (Å²) in [6, 6.07) is 3.14. The van der Waals surface area contributed by atoms with Gasteiger partial charge in [0.25, 0.3) is 5.91 Å². The number of hydrogen-bond donors (Lipinski definition) is 1. The topological polar surface area (TPSA) is 62.3 Å². The van der Waals surface area contributed by atoms with Crippen LogP contribution in [-0.2, 0) is 4.79 Å². The number of rotatable bonds is 3. The predicted molar refractivity (Wildman–Crippen MR) is 51.9 cm³/mol. The highest BCUT2D eigenvalue weighted by Crippen LogP contribution is 2.07. The molecule has 1 rings (SSSR count). The average molecular weight is 193 g/mol. The highest BCUT2D eigenvalue weighted by Gasteiger charge is 2.09. The smallest absolute Gasteiger partial charge is 0.272 e. The predicted octanol–water partition coefficient (Wildman–Crippen LogP) is 0.352. The number of hydrogen-bond acceptors (Lipinski definition) is 3. The minimum absolute atomic E-state index is 0.195. The number of nitrogens with one attached hydrogen (secondary N) is 1. The molecule has 0 fully saturated rings. The van der Waals surface area contributed by atoms with E-state index in [4.69, 9.17) is 0 Å². The number of anilines is 1. The van der Waals surface area contributed by atoms with Gasteiger partial charge in [-0.2, -0.15) is 0 Å². The van der Waals surface area contributed by atoms with Gasteiger partial charge < -0.3 is 10.2 Å². The van der Waals surface area contributed by atoms with Gasteiger partial charge in [0.2, 0.25) is 6.41 Å². The lowest BCUT2D eigenvalue weighted by Gasteiger charge is -2.09. The van der Waals surface area contributed by atoms with E-state index in [0.29, 0.717) is 17.8 Å². The molecule has 1 aromatic rings. The maximum atomic E-state index is 11.4. The second-order valence-corrected chi connectivity index (χ2v) is 2.89. The van der Waals surface area contributed by atoms with Crippen LogP contribution in [0.2, 0.25) is 0 Å². The summed E-state index contributed by atoms with van der Waals surface area (Å²) in [6.07, 6.45) is 2.03. The summed E-state index contributed by atoms with van der Waals surface area (Å²) in [6.45, 7) is 0. The van der Waals surface area contributed by atoms with Crippen LogP contribution in [0.25, 0.3) is 0 Å². The van der Waals surface area contributed by atoms with Crippen LogP contribution in [0.3, 0.4) is 0 Å². The van der Waals surface area contributed by atoms with Gasteiger partial charge in [-0.3, -0.25) is 14.6 Å². The zero-order valence-electron chi connectivity index (χ0n) is 8.02. The zero-order valence-corrected chi connectivity index (χ0v) is 8.02. The molecule has 5 heteroatoms. The Morgan fingerprint density at radius 1 is 1.57 bits per heavy atom. The van der Waals surface area contributed by atoms with Crippen LogP contribution >= 0.6 is 0 Å². The molecule has 0 saturated carbocycles. The molecule has 1 heterocycles. The van der Waals surface area contributed by atoms with Gasteiger partial charge in [-0.1, -0.05) is 0 Å². The van der Waals surface area contributed by atoms with E-state index < -0.39 is 0 Å². The molecule has 14 heavy (non-hydrogen) atoms. The van der Waals surface area contributed by atoms with Gasteiger partial charge in [-0.25, -0.2) is 0 Å². The van der Waals surface area contributed by atoms with Gasteiger partial charge in [0.15, 0.2) is 0 Å². The highest BCUT2D eigenvalue weighted by atomic mass is 16.2.